The molecule has 64 valence electrons. The van der Waals surface area contributed by atoms with E-state index in [4.69, 9.17) is 9.84 Å². The molecule has 0 radical (unpaired) electrons. The van der Waals surface area contributed by atoms with E-state index in [9.17, 15) is 4.79 Å². The van der Waals surface area contributed by atoms with Crippen LogP contribution in [0.15, 0.2) is 0 Å². The number of ether oxygens (including phenoxy) is 2. The Hall–Kier alpha value is -0.810. The van der Waals surface area contributed by atoms with E-state index in [1.807, 2.05) is 0 Å². The smallest absolute Gasteiger partial charge is 0.450 e. The number of hydrogen-bond acceptors (Lipinski definition) is 4. The Kier molecular flexibility index (Phi) is 2.67. The maximum atomic E-state index is 10.0. The van der Waals surface area contributed by atoms with Crippen LogP contribution in [0.5, 0.6) is 0 Å². The summed E-state index contributed by atoms with van der Waals surface area (Å²) in [7, 11) is 1.59. The van der Waals surface area contributed by atoms with Gasteiger partial charge in [0.25, 0.3) is 0 Å². The fourth-order valence-electron chi connectivity index (χ4n) is 1.06. The van der Waals surface area contributed by atoms with Crippen LogP contribution in [0.25, 0.3) is 0 Å². The molecule has 0 aromatic heterocycles. The van der Waals surface area contributed by atoms with E-state index in [1.165, 1.54) is 0 Å². The first-order valence-electron chi connectivity index (χ1n) is 3.38. The first-order chi connectivity index (χ1) is 5.22. The molecule has 2 N–H and O–H groups in total. The van der Waals surface area contributed by atoms with Gasteiger partial charge in [-0.25, -0.2) is 4.79 Å². The number of carbonyl (C=O) groups is 1. The van der Waals surface area contributed by atoms with Crippen LogP contribution < -0.4 is 5.32 Å². The first kappa shape index (κ1) is 8.29. The molecule has 0 aromatic rings. The molecular weight excluding hydrogens is 150 g/mol. The lowest BCUT2D eigenvalue weighted by Crippen LogP contribution is -2.26. The van der Waals surface area contributed by atoms with Crippen LogP contribution in [0.2, 0.25) is 0 Å². The Morgan fingerprint density at radius 2 is 2.45 bits per heavy atom. The highest BCUT2D eigenvalue weighted by atomic mass is 16.7. The molecule has 0 unspecified atom stereocenters. The minimum atomic E-state index is -1.25. The van der Waals surface area contributed by atoms with E-state index in [0.29, 0.717) is 13.0 Å². The summed E-state index contributed by atoms with van der Waals surface area (Å²) in [6, 6.07) is 0. The predicted molar refractivity (Wildman–Crippen MR) is 36.3 cm³/mol. The molecular formula is C6H11NO4. The zero-order valence-electron chi connectivity index (χ0n) is 6.24. The zero-order chi connectivity index (χ0) is 8.27. The highest BCUT2D eigenvalue weighted by Crippen LogP contribution is 2.10. The topological polar surface area (TPSA) is 67.8 Å². The molecule has 0 aromatic carbocycles. The second-order valence-electron chi connectivity index (χ2n) is 2.37. The van der Waals surface area contributed by atoms with Crippen molar-refractivity contribution in [1.29, 1.82) is 0 Å². The molecule has 1 rings (SSSR count). The average Bonchev–Trinajstić information content (AvgIpc) is 2.34. The second kappa shape index (κ2) is 3.54. The summed E-state index contributed by atoms with van der Waals surface area (Å²) in [5.74, 6) is 0. The Morgan fingerprint density at radius 3 is 2.91 bits per heavy atom. The van der Waals surface area contributed by atoms with Crippen molar-refractivity contribution in [3.8, 4) is 0 Å². The maximum absolute atomic E-state index is 10.0. The summed E-state index contributed by atoms with van der Waals surface area (Å²) in [4.78, 5) is 10.0. The molecule has 5 heteroatoms. The molecule has 11 heavy (non-hydrogen) atoms. The van der Waals surface area contributed by atoms with Gasteiger partial charge in [-0.2, -0.15) is 0 Å². The first-order valence-corrected chi connectivity index (χ1v) is 3.38. The summed E-state index contributed by atoms with van der Waals surface area (Å²) in [6.07, 6.45) is -1.00. The lowest BCUT2D eigenvalue weighted by molar-refractivity contribution is 0.0361. The Balaban J connectivity index is 2.24. The average molecular weight is 161 g/mol. The Labute approximate surface area is 64.3 Å². The molecule has 1 fully saturated rings. The van der Waals surface area contributed by atoms with Crippen LogP contribution in [0.3, 0.4) is 0 Å². The lowest BCUT2D eigenvalue weighted by Gasteiger charge is -2.07. The quantitative estimate of drug-likeness (QED) is 0.558. The fourth-order valence-corrected chi connectivity index (χ4v) is 1.06. The third-order valence-electron chi connectivity index (χ3n) is 1.63. The van der Waals surface area contributed by atoms with Gasteiger partial charge in [0.2, 0.25) is 0 Å². The maximum Gasteiger partial charge on any atom is 0.507 e. The van der Waals surface area contributed by atoms with Crippen LogP contribution in [-0.2, 0) is 9.47 Å². The van der Waals surface area contributed by atoms with Crippen molar-refractivity contribution in [1.82, 2.24) is 5.32 Å². The molecule has 1 aliphatic rings. The van der Waals surface area contributed by atoms with Gasteiger partial charge in [-0.05, 0) is 0 Å². The number of methoxy groups -OCH3 is 1. The normalized spacial score (nSPS) is 30.3. The van der Waals surface area contributed by atoms with Crippen LogP contribution in [0.1, 0.15) is 6.42 Å². The van der Waals surface area contributed by atoms with E-state index in [0.717, 1.165) is 0 Å². The molecule has 1 aliphatic heterocycles. The standard InChI is InChI=1S/C6H11NO4/c1-10-4-2-5(7-3-4)11-6(8)9/h4-5,7H,2-3H2,1H3,(H,8,9)/t4-,5-/m1/s1. The molecule has 1 heterocycles. The van der Waals surface area contributed by atoms with E-state index in [-0.39, 0.29) is 6.10 Å². The van der Waals surface area contributed by atoms with Crippen LogP contribution in [0.4, 0.5) is 4.79 Å². The van der Waals surface area contributed by atoms with Crippen molar-refractivity contribution in [2.75, 3.05) is 13.7 Å². The summed E-state index contributed by atoms with van der Waals surface area (Å²) < 4.78 is 9.46. The predicted octanol–water partition coefficient (Wildman–Crippen LogP) is 0.0154. The molecule has 0 spiro atoms. The Morgan fingerprint density at radius 1 is 1.73 bits per heavy atom. The molecule has 0 bridgehead atoms. The van der Waals surface area contributed by atoms with Crippen molar-refractivity contribution < 1.29 is 19.4 Å². The van der Waals surface area contributed by atoms with Gasteiger partial charge in [0.1, 0.15) is 0 Å². The van der Waals surface area contributed by atoms with E-state index in [1.54, 1.807) is 7.11 Å². The van der Waals surface area contributed by atoms with Gasteiger partial charge in [-0.15, -0.1) is 0 Å². The van der Waals surface area contributed by atoms with Gasteiger partial charge >= 0.3 is 6.16 Å². The zero-order valence-corrected chi connectivity index (χ0v) is 6.24. The Bertz CT molecular complexity index is 150. The van der Waals surface area contributed by atoms with Gasteiger partial charge in [-0.3, -0.25) is 5.32 Å². The number of rotatable bonds is 2. The molecule has 5 nitrogen and oxygen atoms in total. The molecule has 0 saturated carbocycles. The summed E-state index contributed by atoms with van der Waals surface area (Å²) in [6.45, 7) is 0.647. The van der Waals surface area contributed by atoms with Crippen LogP contribution in [-0.4, -0.2) is 37.2 Å². The van der Waals surface area contributed by atoms with Gasteiger partial charge in [0.15, 0.2) is 6.23 Å². The summed E-state index contributed by atoms with van der Waals surface area (Å²) in [5, 5.41) is 11.1. The second-order valence-corrected chi connectivity index (χ2v) is 2.37. The largest absolute Gasteiger partial charge is 0.507 e. The van der Waals surface area contributed by atoms with Gasteiger partial charge in [0.05, 0.1) is 6.10 Å². The van der Waals surface area contributed by atoms with E-state index >= 15 is 0 Å². The monoisotopic (exact) mass is 161 g/mol. The minimum absolute atomic E-state index is 0.0688. The molecule has 1 saturated heterocycles. The van der Waals surface area contributed by atoms with Crippen molar-refractivity contribution in [3.05, 3.63) is 0 Å². The SMILES string of the molecule is CO[C@H]1CN[C@H](OC(=O)O)C1. The van der Waals surface area contributed by atoms with Crippen LogP contribution in [0, 0.1) is 0 Å². The van der Waals surface area contributed by atoms with Gasteiger partial charge < -0.3 is 14.6 Å². The van der Waals surface area contributed by atoms with E-state index in [2.05, 4.69) is 10.1 Å². The number of hydrogen-bond donors (Lipinski definition) is 2. The molecule has 2 atom stereocenters. The van der Waals surface area contributed by atoms with Crippen molar-refractivity contribution in [2.45, 2.75) is 18.8 Å². The summed E-state index contributed by atoms with van der Waals surface area (Å²) in [5.41, 5.74) is 0. The van der Waals surface area contributed by atoms with Gasteiger partial charge in [-0.1, -0.05) is 0 Å². The third kappa shape index (κ3) is 2.36. The third-order valence-corrected chi connectivity index (χ3v) is 1.63. The highest BCUT2D eigenvalue weighted by molar-refractivity contribution is 5.57. The molecule has 0 aliphatic carbocycles. The highest BCUT2D eigenvalue weighted by Gasteiger charge is 2.26. The van der Waals surface area contributed by atoms with Crippen molar-refractivity contribution >= 4 is 6.16 Å². The fraction of sp³-hybridized carbons (Fsp3) is 0.833. The van der Waals surface area contributed by atoms with Gasteiger partial charge in [0, 0.05) is 20.1 Å². The summed E-state index contributed by atoms with van der Waals surface area (Å²) >= 11 is 0. The van der Waals surface area contributed by atoms with Crippen molar-refractivity contribution in [2.24, 2.45) is 0 Å². The van der Waals surface area contributed by atoms with E-state index < -0.39 is 12.4 Å². The van der Waals surface area contributed by atoms with Crippen molar-refractivity contribution in [3.63, 3.8) is 0 Å². The molecule has 0 amide bonds. The minimum Gasteiger partial charge on any atom is -0.450 e. The lowest BCUT2D eigenvalue weighted by atomic mass is 10.3. The number of nitrogens with one attached hydrogen (secondary N) is 1. The van der Waals surface area contributed by atoms with Crippen LogP contribution >= 0.6 is 0 Å². The number of carboxylic acid groups (broad SMARTS) is 1.